The topological polar surface area (TPSA) is 0 Å². The van der Waals surface area contributed by atoms with Crippen LogP contribution in [0.2, 0.25) is 0 Å². The van der Waals surface area contributed by atoms with E-state index in [0.717, 1.165) is 0 Å². The molecule has 11 rings (SSSR count). The van der Waals surface area contributed by atoms with Crippen molar-refractivity contribution in [2.75, 3.05) is 0 Å². The maximum atomic E-state index is 2.51. The van der Waals surface area contributed by atoms with E-state index in [9.17, 15) is 0 Å². The Balaban J connectivity index is 1.56. The van der Waals surface area contributed by atoms with Crippen molar-refractivity contribution in [2.24, 2.45) is 0 Å². The summed E-state index contributed by atoms with van der Waals surface area (Å²) in [6.45, 7) is 0. The lowest BCUT2D eigenvalue weighted by atomic mass is 9.81. The number of rotatable bonds is 0. The molecule has 0 amide bonds. The highest BCUT2D eigenvalue weighted by Gasteiger charge is 2.22. The summed E-state index contributed by atoms with van der Waals surface area (Å²) < 4.78 is 0. The Bertz CT molecular complexity index is 2840. The molecule has 0 heterocycles. The third-order valence-corrected chi connectivity index (χ3v) is 9.84. The molecule has 0 radical (unpaired) electrons. The van der Waals surface area contributed by atoms with Crippen molar-refractivity contribution in [1.29, 1.82) is 0 Å². The maximum absolute atomic E-state index is 2.51. The monoisotopic (exact) mass is 500 g/mol. The van der Waals surface area contributed by atoms with Crippen molar-refractivity contribution in [2.45, 2.75) is 0 Å². The molecule has 0 saturated heterocycles. The Morgan fingerprint density at radius 3 is 1.18 bits per heavy atom. The molecule has 0 nitrogen and oxygen atoms in total. The average molecular weight is 501 g/mol. The van der Waals surface area contributed by atoms with Crippen molar-refractivity contribution in [1.82, 2.24) is 0 Å². The van der Waals surface area contributed by atoms with Gasteiger partial charge < -0.3 is 0 Å². The summed E-state index contributed by atoms with van der Waals surface area (Å²) in [5.41, 5.74) is 0. The minimum Gasteiger partial charge on any atom is -0.0610 e. The van der Waals surface area contributed by atoms with Crippen molar-refractivity contribution in [3.63, 3.8) is 0 Å². The Kier molecular flexibility index (Phi) is 3.22. The van der Waals surface area contributed by atoms with Crippen LogP contribution in [0.3, 0.4) is 0 Å². The van der Waals surface area contributed by atoms with Crippen LogP contribution in [0.1, 0.15) is 0 Å². The van der Waals surface area contributed by atoms with Crippen LogP contribution in [0.15, 0.2) is 121 Å². The lowest BCUT2D eigenvalue weighted by molar-refractivity contribution is 1.80. The van der Waals surface area contributed by atoms with Gasteiger partial charge in [-0.3, -0.25) is 0 Å². The van der Waals surface area contributed by atoms with Gasteiger partial charge in [0, 0.05) is 0 Å². The van der Waals surface area contributed by atoms with E-state index in [1.54, 1.807) is 0 Å². The summed E-state index contributed by atoms with van der Waals surface area (Å²) in [7, 11) is 0. The molecule has 0 spiro atoms. The van der Waals surface area contributed by atoms with Crippen LogP contribution in [-0.4, -0.2) is 0 Å². The normalized spacial score (nSPS) is 13.0. The third-order valence-electron chi connectivity index (χ3n) is 9.84. The SMILES string of the molecule is c1cc2cccc3c4cc5c6ccc7cccc8c9cccc%10ccc(c5c5cccc(c(c1)c23)c45)c(c%109)c6c78. The zero-order valence-corrected chi connectivity index (χ0v) is 21.5. The van der Waals surface area contributed by atoms with Crippen molar-refractivity contribution < 1.29 is 0 Å². The summed E-state index contributed by atoms with van der Waals surface area (Å²) in [5.74, 6) is 0. The number of hydrogen-bond acceptors (Lipinski definition) is 0. The first-order valence-corrected chi connectivity index (χ1v) is 14.1. The molecule has 11 aromatic rings. The smallest absolute Gasteiger partial charge is 0.000741 e. The van der Waals surface area contributed by atoms with E-state index < -0.39 is 0 Å². The van der Waals surface area contributed by atoms with E-state index in [2.05, 4.69) is 121 Å². The second-order valence-electron chi connectivity index (χ2n) is 11.6. The molecule has 0 aromatic heterocycles. The molecular formula is C40H20. The fourth-order valence-corrected chi connectivity index (χ4v) is 8.37. The summed E-state index contributed by atoms with van der Waals surface area (Å²) in [5, 5.41) is 27.3. The largest absolute Gasteiger partial charge is 0.0610 e. The van der Waals surface area contributed by atoms with Crippen LogP contribution >= 0.6 is 0 Å². The number of fused-ring (bicyclic) bond motifs is 7. The molecule has 11 aromatic carbocycles. The highest BCUT2D eigenvalue weighted by atomic mass is 14.2. The van der Waals surface area contributed by atoms with Gasteiger partial charge in [-0.15, -0.1) is 0 Å². The molecule has 0 N–H and O–H groups in total. The van der Waals surface area contributed by atoms with Gasteiger partial charge in [-0.1, -0.05) is 115 Å². The zero-order chi connectivity index (χ0) is 25.7. The van der Waals surface area contributed by atoms with Crippen LogP contribution in [0.4, 0.5) is 0 Å². The van der Waals surface area contributed by atoms with Gasteiger partial charge in [0.2, 0.25) is 0 Å². The molecule has 180 valence electrons. The molecule has 0 fully saturated rings. The summed E-state index contributed by atoms with van der Waals surface area (Å²) in [4.78, 5) is 0. The van der Waals surface area contributed by atoms with E-state index >= 15 is 0 Å². The lowest BCUT2D eigenvalue weighted by Crippen LogP contribution is -1.93. The van der Waals surface area contributed by atoms with Gasteiger partial charge in [-0.2, -0.15) is 0 Å². The van der Waals surface area contributed by atoms with E-state index in [1.165, 1.54) is 108 Å². The van der Waals surface area contributed by atoms with Crippen LogP contribution < -0.4 is 0 Å². The van der Waals surface area contributed by atoms with Gasteiger partial charge in [-0.05, 0) is 114 Å². The highest BCUT2D eigenvalue weighted by molar-refractivity contribution is 6.48. The summed E-state index contributed by atoms with van der Waals surface area (Å²) in [6.07, 6.45) is 0. The molecule has 0 atom stereocenters. The van der Waals surface area contributed by atoms with E-state index in [-0.39, 0.29) is 0 Å². The number of hydrogen-bond donors (Lipinski definition) is 0. The predicted molar refractivity (Wildman–Crippen MR) is 175 cm³/mol. The summed E-state index contributed by atoms with van der Waals surface area (Å²) >= 11 is 0. The second kappa shape index (κ2) is 6.50. The molecule has 0 heteroatoms. The van der Waals surface area contributed by atoms with Gasteiger partial charge in [0.1, 0.15) is 0 Å². The first-order chi connectivity index (χ1) is 19.9. The Labute approximate surface area is 228 Å². The maximum Gasteiger partial charge on any atom is -0.000741 e. The van der Waals surface area contributed by atoms with E-state index in [4.69, 9.17) is 0 Å². The average Bonchev–Trinajstić information content (AvgIpc) is 3.01. The Morgan fingerprint density at radius 1 is 0.200 bits per heavy atom. The molecular weight excluding hydrogens is 480 g/mol. The standard InChI is InChI=1S/C40H20/c1-6-21-7-2-13-28-32-20-33-29-18-16-22-8-3-11-25-26-12-4-9-23-17-19-31(40(36(23)26)39(29)35(22)25)38(33)30-15-5-14-27(37(30)32)24(10-1)34(21)28/h1-20H. The molecule has 0 unspecified atom stereocenters. The third kappa shape index (κ3) is 2.06. The lowest BCUT2D eigenvalue weighted by Gasteiger charge is -2.22. The van der Waals surface area contributed by atoms with Gasteiger partial charge >= 0.3 is 0 Å². The highest BCUT2D eigenvalue weighted by Crippen LogP contribution is 2.51. The van der Waals surface area contributed by atoms with Crippen molar-refractivity contribution in [3.05, 3.63) is 121 Å². The van der Waals surface area contributed by atoms with Gasteiger partial charge in [0.15, 0.2) is 0 Å². The van der Waals surface area contributed by atoms with Gasteiger partial charge in [0.25, 0.3) is 0 Å². The van der Waals surface area contributed by atoms with Crippen molar-refractivity contribution >= 4 is 108 Å². The molecule has 0 aliphatic heterocycles. The quantitative estimate of drug-likeness (QED) is 0.143. The van der Waals surface area contributed by atoms with Crippen molar-refractivity contribution in [3.8, 4) is 0 Å². The zero-order valence-electron chi connectivity index (χ0n) is 21.5. The first kappa shape index (κ1) is 19.8. The molecule has 0 aliphatic carbocycles. The minimum atomic E-state index is 1.31. The van der Waals surface area contributed by atoms with E-state index in [1.807, 2.05) is 0 Å². The Hall–Kier alpha value is -5.20. The molecule has 0 aliphatic rings. The first-order valence-electron chi connectivity index (χ1n) is 14.1. The fourth-order valence-electron chi connectivity index (χ4n) is 8.37. The summed E-state index contributed by atoms with van der Waals surface area (Å²) in [6, 6.07) is 46.1. The van der Waals surface area contributed by atoms with Crippen LogP contribution in [-0.2, 0) is 0 Å². The van der Waals surface area contributed by atoms with Gasteiger partial charge in [0.05, 0.1) is 0 Å². The number of benzene rings is 11. The van der Waals surface area contributed by atoms with Gasteiger partial charge in [-0.25, -0.2) is 0 Å². The van der Waals surface area contributed by atoms with Crippen LogP contribution in [0, 0.1) is 0 Å². The molecule has 0 saturated carbocycles. The Morgan fingerprint density at radius 2 is 0.550 bits per heavy atom. The van der Waals surface area contributed by atoms with Crippen LogP contribution in [0.5, 0.6) is 0 Å². The van der Waals surface area contributed by atoms with E-state index in [0.29, 0.717) is 0 Å². The molecule has 40 heavy (non-hydrogen) atoms. The molecule has 0 bridgehead atoms. The second-order valence-corrected chi connectivity index (χ2v) is 11.6. The minimum absolute atomic E-state index is 1.31. The van der Waals surface area contributed by atoms with Crippen LogP contribution in [0.25, 0.3) is 108 Å². The predicted octanol–water partition coefficient (Wildman–Crippen LogP) is 11.5. The fraction of sp³-hybridized carbons (Fsp3) is 0.